The number of benzene rings is 1. The van der Waals surface area contributed by atoms with Gasteiger partial charge in [0, 0.05) is 12.5 Å². The maximum absolute atomic E-state index is 13.0. The van der Waals surface area contributed by atoms with Gasteiger partial charge in [-0.1, -0.05) is 30.3 Å². The van der Waals surface area contributed by atoms with Crippen molar-refractivity contribution in [3.63, 3.8) is 0 Å². The molecule has 118 valence electrons. The average molecular weight is 330 g/mol. The van der Waals surface area contributed by atoms with Crippen molar-refractivity contribution in [2.75, 3.05) is 6.26 Å². The predicted molar refractivity (Wildman–Crippen MR) is 74.0 cm³/mol. The number of sulfone groups is 1. The summed E-state index contributed by atoms with van der Waals surface area (Å²) in [7, 11) is -3.76. The topological polar surface area (TPSA) is 59.9 Å². The van der Waals surface area contributed by atoms with E-state index in [9.17, 15) is 21.6 Å². The third-order valence-corrected chi connectivity index (χ3v) is 3.84. The SMILES string of the molecule is CS(=O)(=O)c1ncc(C(F)(F)F)c(CCc2ccccc2)n1. The molecule has 0 saturated carbocycles. The Balaban J connectivity index is 2.37. The van der Waals surface area contributed by atoms with Gasteiger partial charge in [-0.15, -0.1) is 0 Å². The Morgan fingerprint density at radius 1 is 1.09 bits per heavy atom. The lowest BCUT2D eigenvalue weighted by Gasteiger charge is -2.12. The molecule has 0 aliphatic rings. The standard InChI is InChI=1S/C14H13F3N2O2S/c1-22(20,21)13-18-9-11(14(15,16)17)12(19-13)8-7-10-5-3-2-4-6-10/h2-6,9H,7-8H2,1H3. The van der Waals surface area contributed by atoms with Crippen molar-refractivity contribution < 1.29 is 21.6 Å². The van der Waals surface area contributed by atoms with E-state index in [-0.39, 0.29) is 12.1 Å². The maximum Gasteiger partial charge on any atom is 0.419 e. The minimum Gasteiger partial charge on any atom is -0.226 e. The van der Waals surface area contributed by atoms with E-state index in [4.69, 9.17) is 0 Å². The van der Waals surface area contributed by atoms with Crippen molar-refractivity contribution in [3.05, 3.63) is 53.3 Å². The third kappa shape index (κ3) is 4.03. The second-order valence-electron chi connectivity index (χ2n) is 4.77. The number of nitrogens with zero attached hydrogens (tertiary/aromatic N) is 2. The molecule has 0 saturated heterocycles. The Bertz CT molecular complexity index is 759. The summed E-state index contributed by atoms with van der Waals surface area (Å²) in [5.41, 5.74) is -0.474. The quantitative estimate of drug-likeness (QED) is 0.809. The van der Waals surface area contributed by atoms with Crippen LogP contribution in [0.4, 0.5) is 13.2 Å². The highest BCUT2D eigenvalue weighted by atomic mass is 32.2. The molecular formula is C14H13F3N2O2S. The number of halogens is 3. The maximum atomic E-state index is 13.0. The first-order chi connectivity index (χ1) is 10.2. The van der Waals surface area contributed by atoms with Crippen LogP contribution in [0.15, 0.2) is 41.7 Å². The zero-order valence-corrected chi connectivity index (χ0v) is 12.4. The number of rotatable bonds is 4. The molecule has 0 fully saturated rings. The lowest BCUT2D eigenvalue weighted by Crippen LogP contribution is -2.16. The average Bonchev–Trinajstić information content (AvgIpc) is 2.44. The first-order valence-electron chi connectivity index (χ1n) is 6.35. The van der Waals surface area contributed by atoms with Gasteiger partial charge in [0.05, 0.1) is 11.3 Å². The molecule has 22 heavy (non-hydrogen) atoms. The molecule has 2 rings (SSSR count). The third-order valence-electron chi connectivity index (χ3n) is 2.98. The Kier molecular flexibility index (Phi) is 4.50. The van der Waals surface area contributed by atoms with Gasteiger partial charge >= 0.3 is 6.18 Å². The van der Waals surface area contributed by atoms with Crippen LogP contribution < -0.4 is 0 Å². The van der Waals surface area contributed by atoms with Crippen molar-refractivity contribution in [2.24, 2.45) is 0 Å². The Morgan fingerprint density at radius 3 is 2.27 bits per heavy atom. The molecule has 0 bridgehead atoms. The largest absolute Gasteiger partial charge is 0.419 e. The Hall–Kier alpha value is -1.96. The summed E-state index contributed by atoms with van der Waals surface area (Å²) in [6.45, 7) is 0. The molecule has 0 spiro atoms. The van der Waals surface area contributed by atoms with Gasteiger partial charge in [-0.25, -0.2) is 18.4 Å². The minimum absolute atomic E-state index is 0.0239. The number of hydrogen-bond acceptors (Lipinski definition) is 4. The van der Waals surface area contributed by atoms with E-state index < -0.39 is 26.7 Å². The molecule has 1 aromatic carbocycles. The van der Waals surface area contributed by atoms with Gasteiger partial charge in [-0.05, 0) is 18.4 Å². The molecule has 4 nitrogen and oxygen atoms in total. The predicted octanol–water partition coefficient (Wildman–Crippen LogP) is 2.68. The fourth-order valence-electron chi connectivity index (χ4n) is 1.91. The number of alkyl halides is 3. The summed E-state index contributed by atoms with van der Waals surface area (Å²) in [5, 5.41) is -0.594. The fourth-order valence-corrected chi connectivity index (χ4v) is 2.43. The van der Waals surface area contributed by atoms with Gasteiger partial charge in [-0.2, -0.15) is 13.2 Å². The molecule has 1 heterocycles. The summed E-state index contributed by atoms with van der Waals surface area (Å²) in [4.78, 5) is 6.92. The lowest BCUT2D eigenvalue weighted by molar-refractivity contribution is -0.138. The second kappa shape index (κ2) is 6.04. The van der Waals surface area contributed by atoms with Gasteiger partial charge in [0.15, 0.2) is 0 Å². The van der Waals surface area contributed by atoms with Crippen LogP contribution in [0, 0.1) is 0 Å². The van der Waals surface area contributed by atoms with Gasteiger partial charge in [0.1, 0.15) is 0 Å². The van der Waals surface area contributed by atoms with Crippen LogP contribution in [-0.2, 0) is 28.9 Å². The van der Waals surface area contributed by atoms with Gasteiger partial charge in [0.2, 0.25) is 15.0 Å². The molecule has 0 radical (unpaired) electrons. The monoisotopic (exact) mass is 330 g/mol. The molecule has 0 aliphatic carbocycles. The molecule has 0 atom stereocenters. The first-order valence-corrected chi connectivity index (χ1v) is 8.24. The van der Waals surface area contributed by atoms with E-state index in [2.05, 4.69) is 9.97 Å². The first kappa shape index (κ1) is 16.4. The number of hydrogen-bond donors (Lipinski definition) is 0. The van der Waals surface area contributed by atoms with Crippen molar-refractivity contribution in [2.45, 2.75) is 24.2 Å². The minimum atomic E-state index is -4.62. The van der Waals surface area contributed by atoms with Crippen molar-refractivity contribution in [1.29, 1.82) is 0 Å². The Morgan fingerprint density at radius 2 is 1.73 bits per heavy atom. The summed E-state index contributed by atoms with van der Waals surface area (Å²) in [6, 6.07) is 8.93. The molecule has 2 aromatic rings. The highest BCUT2D eigenvalue weighted by molar-refractivity contribution is 7.90. The molecule has 0 N–H and O–H groups in total. The van der Waals surface area contributed by atoms with Crippen LogP contribution in [0.3, 0.4) is 0 Å². The number of aromatic nitrogens is 2. The molecule has 0 unspecified atom stereocenters. The zero-order chi connectivity index (χ0) is 16.4. The fraction of sp³-hybridized carbons (Fsp3) is 0.286. The Labute approximate surface area is 126 Å². The van der Waals surface area contributed by atoms with Gasteiger partial charge in [0.25, 0.3) is 0 Å². The van der Waals surface area contributed by atoms with E-state index in [1.807, 2.05) is 0 Å². The van der Waals surface area contributed by atoms with Crippen LogP contribution in [0.1, 0.15) is 16.8 Å². The summed E-state index contributed by atoms with van der Waals surface area (Å²) >= 11 is 0. The molecule has 0 aliphatic heterocycles. The van der Waals surface area contributed by atoms with E-state index >= 15 is 0 Å². The van der Waals surface area contributed by atoms with Gasteiger partial charge in [-0.3, -0.25) is 0 Å². The zero-order valence-electron chi connectivity index (χ0n) is 11.6. The van der Waals surface area contributed by atoms with Crippen LogP contribution in [-0.4, -0.2) is 24.6 Å². The normalized spacial score (nSPS) is 12.4. The van der Waals surface area contributed by atoms with Crippen LogP contribution in [0.25, 0.3) is 0 Å². The lowest BCUT2D eigenvalue weighted by atomic mass is 10.1. The van der Waals surface area contributed by atoms with Crippen molar-refractivity contribution in [1.82, 2.24) is 9.97 Å². The summed E-state index contributed by atoms with van der Waals surface area (Å²) < 4.78 is 61.7. The van der Waals surface area contributed by atoms with E-state index in [0.717, 1.165) is 11.8 Å². The van der Waals surface area contributed by atoms with E-state index in [1.54, 1.807) is 30.3 Å². The molecule has 8 heteroatoms. The summed E-state index contributed by atoms with van der Waals surface area (Å²) in [5.74, 6) is 0. The molecular weight excluding hydrogens is 317 g/mol. The van der Waals surface area contributed by atoms with Crippen LogP contribution >= 0.6 is 0 Å². The molecule has 0 amide bonds. The number of aryl methyl sites for hydroxylation is 2. The van der Waals surface area contributed by atoms with E-state index in [1.165, 1.54) is 0 Å². The van der Waals surface area contributed by atoms with Crippen molar-refractivity contribution >= 4 is 9.84 Å². The van der Waals surface area contributed by atoms with Gasteiger partial charge < -0.3 is 0 Å². The van der Waals surface area contributed by atoms with Crippen LogP contribution in [0.2, 0.25) is 0 Å². The van der Waals surface area contributed by atoms with Crippen molar-refractivity contribution in [3.8, 4) is 0 Å². The highest BCUT2D eigenvalue weighted by Crippen LogP contribution is 2.31. The molecule has 1 aromatic heterocycles. The smallest absolute Gasteiger partial charge is 0.226 e. The second-order valence-corrected chi connectivity index (χ2v) is 6.68. The van der Waals surface area contributed by atoms with E-state index in [0.29, 0.717) is 12.6 Å². The highest BCUT2D eigenvalue weighted by Gasteiger charge is 2.35. The summed E-state index contributed by atoms with van der Waals surface area (Å²) in [6.07, 6.45) is -2.93. The van der Waals surface area contributed by atoms with Crippen LogP contribution in [0.5, 0.6) is 0 Å².